The number of piperidine rings is 2. The van der Waals surface area contributed by atoms with Gasteiger partial charge >= 0.3 is 0 Å². The van der Waals surface area contributed by atoms with Crippen molar-refractivity contribution in [2.75, 3.05) is 32.8 Å². The van der Waals surface area contributed by atoms with Crippen LogP contribution in [0.25, 0.3) is 5.65 Å². The van der Waals surface area contributed by atoms with Crippen molar-refractivity contribution in [3.63, 3.8) is 0 Å². The first-order valence-electron chi connectivity index (χ1n) is 11.3. The van der Waals surface area contributed by atoms with Crippen LogP contribution in [-0.4, -0.2) is 58.2 Å². The predicted molar refractivity (Wildman–Crippen MR) is 119 cm³/mol. The third-order valence-electron chi connectivity index (χ3n) is 7.12. The molecule has 1 amide bonds. The number of nitrogens with zero attached hydrogens (tertiary/aromatic N) is 4. The molecule has 0 saturated carbocycles. The average Bonchev–Trinajstić information content (AvgIpc) is 3.45. The Bertz CT molecular complexity index is 1110. The maximum absolute atomic E-state index is 13.3. The molecule has 3 aliphatic heterocycles. The maximum atomic E-state index is 13.3. The average molecular weight is 438 g/mol. The summed E-state index contributed by atoms with van der Waals surface area (Å²) in [7, 11) is 0. The Kier molecular flexibility index (Phi) is 4.81. The lowest BCUT2D eigenvalue weighted by molar-refractivity contribution is -0.0792. The summed E-state index contributed by atoms with van der Waals surface area (Å²) in [6, 6.07) is 8.11. The zero-order valence-corrected chi connectivity index (χ0v) is 18.4. The Labute approximate surface area is 185 Å². The van der Waals surface area contributed by atoms with Gasteiger partial charge in [-0.3, -0.25) is 9.20 Å². The maximum Gasteiger partial charge on any atom is 0.263 e. The number of hydrogen-bond donors (Lipinski definition) is 1. The van der Waals surface area contributed by atoms with Crippen molar-refractivity contribution in [1.82, 2.24) is 24.8 Å². The Morgan fingerprint density at radius 2 is 2.03 bits per heavy atom. The summed E-state index contributed by atoms with van der Waals surface area (Å²) in [4.78, 5) is 17.6. The van der Waals surface area contributed by atoms with E-state index in [4.69, 9.17) is 4.74 Å². The van der Waals surface area contributed by atoms with Crippen LogP contribution >= 0.6 is 11.3 Å². The Balaban J connectivity index is 1.18. The van der Waals surface area contributed by atoms with Gasteiger partial charge in [-0.05, 0) is 62.5 Å². The van der Waals surface area contributed by atoms with Gasteiger partial charge in [0.15, 0.2) is 5.65 Å². The molecule has 0 radical (unpaired) electrons. The van der Waals surface area contributed by atoms with Crippen molar-refractivity contribution in [1.29, 1.82) is 0 Å². The fourth-order valence-corrected chi connectivity index (χ4v) is 6.60. The molecule has 1 N–H and O–H groups in total. The summed E-state index contributed by atoms with van der Waals surface area (Å²) in [5.41, 5.74) is 1.97. The molecule has 31 heavy (non-hydrogen) atoms. The molecule has 3 aliphatic rings. The summed E-state index contributed by atoms with van der Waals surface area (Å²) in [6.07, 6.45) is 6.77. The monoisotopic (exact) mass is 437 g/mol. The minimum atomic E-state index is -0.185. The third kappa shape index (κ3) is 3.28. The van der Waals surface area contributed by atoms with Gasteiger partial charge in [-0.25, -0.2) is 0 Å². The molecule has 3 aromatic rings. The number of rotatable bonds is 2. The number of hydrogen-bond acceptors (Lipinski definition) is 6. The van der Waals surface area contributed by atoms with Gasteiger partial charge < -0.3 is 15.0 Å². The van der Waals surface area contributed by atoms with E-state index in [1.54, 1.807) is 11.3 Å². The summed E-state index contributed by atoms with van der Waals surface area (Å²) in [6.45, 7) is 4.24. The topological polar surface area (TPSA) is 71.8 Å². The first-order valence-corrected chi connectivity index (χ1v) is 12.1. The van der Waals surface area contributed by atoms with Crippen molar-refractivity contribution in [3.8, 4) is 0 Å². The number of ether oxygens (including phenoxy) is 1. The number of carbonyl (C=O) groups is 1. The van der Waals surface area contributed by atoms with Gasteiger partial charge in [-0.1, -0.05) is 6.07 Å². The highest BCUT2D eigenvalue weighted by molar-refractivity contribution is 7.14. The number of fused-ring (bicyclic) bond motifs is 3. The van der Waals surface area contributed by atoms with Crippen LogP contribution in [-0.2, 0) is 16.8 Å². The fraction of sp³-hybridized carbons (Fsp3) is 0.522. The van der Waals surface area contributed by atoms with E-state index in [-0.39, 0.29) is 11.5 Å². The van der Waals surface area contributed by atoms with E-state index < -0.39 is 0 Å². The number of likely N-dealkylation sites (tertiary alicyclic amines) is 1. The van der Waals surface area contributed by atoms with E-state index in [9.17, 15) is 4.79 Å². The molecule has 162 valence electrons. The van der Waals surface area contributed by atoms with Crippen LogP contribution in [0.5, 0.6) is 0 Å². The van der Waals surface area contributed by atoms with Crippen molar-refractivity contribution < 1.29 is 9.53 Å². The molecule has 0 aromatic carbocycles. The lowest BCUT2D eigenvalue weighted by atomic mass is 9.83. The second-order valence-electron chi connectivity index (χ2n) is 8.84. The van der Waals surface area contributed by atoms with Gasteiger partial charge in [0.25, 0.3) is 5.91 Å². The van der Waals surface area contributed by atoms with E-state index in [1.807, 2.05) is 29.3 Å². The normalized spacial score (nSPS) is 21.5. The van der Waals surface area contributed by atoms with Gasteiger partial charge in [-0.15, -0.1) is 21.5 Å². The Morgan fingerprint density at radius 1 is 1.19 bits per heavy atom. The van der Waals surface area contributed by atoms with Gasteiger partial charge in [0.1, 0.15) is 5.82 Å². The molecule has 0 atom stereocenters. The molecule has 2 saturated heterocycles. The molecular formula is C23H27N5O2S. The smallest absolute Gasteiger partial charge is 0.263 e. The number of pyridine rings is 1. The first kappa shape index (κ1) is 19.4. The highest BCUT2D eigenvalue weighted by atomic mass is 32.1. The van der Waals surface area contributed by atoms with E-state index in [2.05, 4.69) is 26.0 Å². The SMILES string of the molecule is O=C(c1cc2c(s1)CCOC21CCNCC1)N1CCC(c2nnc3ccccn23)CC1. The minimum absolute atomic E-state index is 0.174. The molecule has 3 aromatic heterocycles. The van der Waals surface area contributed by atoms with E-state index in [1.165, 1.54) is 10.4 Å². The quantitative estimate of drug-likeness (QED) is 0.667. The largest absolute Gasteiger partial charge is 0.370 e. The van der Waals surface area contributed by atoms with Crippen LogP contribution in [0.2, 0.25) is 0 Å². The summed E-state index contributed by atoms with van der Waals surface area (Å²) < 4.78 is 8.37. The number of carbonyl (C=O) groups excluding carboxylic acids is 1. The molecule has 6 rings (SSSR count). The van der Waals surface area contributed by atoms with Crippen LogP contribution in [0.4, 0.5) is 0 Å². The van der Waals surface area contributed by atoms with Crippen molar-refractivity contribution >= 4 is 22.9 Å². The number of thiophene rings is 1. The standard InChI is InChI=1S/C23H27N5O2S/c29-22(19-15-17-18(31-19)6-14-30-23(17)7-9-24-10-8-23)27-12-4-16(5-13-27)21-26-25-20-3-1-2-11-28(20)21/h1-3,11,15-16,24H,4-10,12-14H2. The number of amides is 1. The van der Waals surface area contributed by atoms with Crippen LogP contribution in [0.3, 0.4) is 0 Å². The molecule has 6 heterocycles. The predicted octanol–water partition coefficient (Wildman–Crippen LogP) is 2.96. The first-order chi connectivity index (χ1) is 15.2. The van der Waals surface area contributed by atoms with E-state index >= 15 is 0 Å². The molecule has 0 bridgehead atoms. The van der Waals surface area contributed by atoms with Crippen LogP contribution in [0.15, 0.2) is 30.5 Å². The van der Waals surface area contributed by atoms with Gasteiger partial charge in [0, 0.05) is 36.5 Å². The Morgan fingerprint density at radius 3 is 2.87 bits per heavy atom. The van der Waals surface area contributed by atoms with Gasteiger partial charge in [-0.2, -0.15) is 0 Å². The molecule has 7 nitrogen and oxygen atoms in total. The molecule has 8 heteroatoms. The van der Waals surface area contributed by atoms with Crippen molar-refractivity contribution in [3.05, 3.63) is 51.6 Å². The molecular weight excluding hydrogens is 410 g/mol. The fourth-order valence-electron chi connectivity index (χ4n) is 5.40. The molecule has 2 fully saturated rings. The molecule has 0 unspecified atom stereocenters. The van der Waals surface area contributed by atoms with Crippen LogP contribution in [0.1, 0.15) is 57.5 Å². The highest BCUT2D eigenvalue weighted by Crippen LogP contribution is 2.44. The van der Waals surface area contributed by atoms with Crippen LogP contribution in [0, 0.1) is 0 Å². The summed E-state index contributed by atoms with van der Waals surface area (Å²) in [5.74, 6) is 1.52. The van der Waals surface area contributed by atoms with Crippen molar-refractivity contribution in [2.24, 2.45) is 0 Å². The van der Waals surface area contributed by atoms with Crippen LogP contribution < -0.4 is 5.32 Å². The number of nitrogens with one attached hydrogen (secondary N) is 1. The minimum Gasteiger partial charge on any atom is -0.370 e. The Hall–Kier alpha value is -2.29. The molecule has 0 aliphatic carbocycles. The van der Waals surface area contributed by atoms with E-state index in [0.29, 0.717) is 5.92 Å². The highest BCUT2D eigenvalue weighted by Gasteiger charge is 2.41. The lowest BCUT2D eigenvalue weighted by Gasteiger charge is -2.40. The second kappa shape index (κ2) is 7.69. The number of aromatic nitrogens is 3. The summed E-state index contributed by atoms with van der Waals surface area (Å²) in [5, 5.41) is 12.2. The van der Waals surface area contributed by atoms with Gasteiger partial charge in [0.05, 0.1) is 17.1 Å². The van der Waals surface area contributed by atoms with Crippen molar-refractivity contribution in [2.45, 2.75) is 43.6 Å². The lowest BCUT2D eigenvalue weighted by Crippen LogP contribution is -2.44. The third-order valence-corrected chi connectivity index (χ3v) is 8.30. The second-order valence-corrected chi connectivity index (χ2v) is 9.98. The van der Waals surface area contributed by atoms with Gasteiger partial charge in [0.2, 0.25) is 0 Å². The van der Waals surface area contributed by atoms with E-state index in [0.717, 1.165) is 81.2 Å². The summed E-state index contributed by atoms with van der Waals surface area (Å²) >= 11 is 1.69. The zero-order chi connectivity index (χ0) is 20.8. The zero-order valence-electron chi connectivity index (χ0n) is 17.5. The molecule has 1 spiro atoms.